The molecule has 1 nitrogen and oxygen atoms in total. The number of anilines is 1. The van der Waals surface area contributed by atoms with E-state index in [1.54, 1.807) is 0 Å². The summed E-state index contributed by atoms with van der Waals surface area (Å²) in [6, 6.07) is 9.99. The lowest BCUT2D eigenvalue weighted by Crippen LogP contribution is -2.53. The summed E-state index contributed by atoms with van der Waals surface area (Å²) >= 11 is 29.6. The van der Waals surface area contributed by atoms with E-state index in [9.17, 15) is 0 Å². The smallest absolute Gasteiger partial charge is 0.168 e. The van der Waals surface area contributed by atoms with Gasteiger partial charge in [-0.3, -0.25) is 3.93 Å². The Hall–Kier alpha value is 2.34. The zero-order valence-electron chi connectivity index (χ0n) is 9.86. The van der Waals surface area contributed by atoms with Gasteiger partial charge in [0.2, 0.25) is 0 Å². The fourth-order valence-corrected chi connectivity index (χ4v) is 9.12. The Morgan fingerprint density at radius 2 is 1.24 bits per heavy atom. The molecule has 0 radical (unpaired) electrons. The normalized spacial score (nSPS) is 25.3. The van der Waals surface area contributed by atoms with Crippen LogP contribution in [0.4, 0.5) is 5.69 Å². The number of halogens is 8. The van der Waals surface area contributed by atoms with Crippen LogP contribution in [0.1, 0.15) is 0 Å². The first kappa shape index (κ1) is 19.7. The highest BCUT2D eigenvalue weighted by atomic mass is 79.9. The van der Waals surface area contributed by atoms with Gasteiger partial charge >= 0.3 is 0 Å². The van der Waals surface area contributed by atoms with Crippen molar-refractivity contribution in [3.63, 3.8) is 0 Å². The van der Waals surface area contributed by atoms with Gasteiger partial charge in [-0.05, 0) is 44.0 Å². The SMILES string of the molecule is BrC1=C(Br)C(Br)(Br)C(Br)(N(Br)c2ccccc2)C(Br)=C1Br. The molecule has 0 saturated heterocycles. The number of nitrogens with zero attached hydrogens (tertiary/aromatic N) is 1. The lowest BCUT2D eigenvalue weighted by atomic mass is 10.1. The molecule has 2 rings (SSSR count). The highest BCUT2D eigenvalue weighted by molar-refractivity contribution is 9.28. The second-order valence-corrected chi connectivity index (χ2v) is 12.5. The summed E-state index contributed by atoms with van der Waals surface area (Å²) < 4.78 is 4.28. The number of para-hydroxylation sites is 1. The molecule has 1 aromatic carbocycles. The van der Waals surface area contributed by atoms with Gasteiger partial charge in [0.1, 0.15) is 0 Å². The lowest BCUT2D eigenvalue weighted by Gasteiger charge is -2.47. The van der Waals surface area contributed by atoms with Crippen LogP contribution in [0.15, 0.2) is 48.3 Å². The van der Waals surface area contributed by atoms with Crippen molar-refractivity contribution in [3.05, 3.63) is 48.3 Å². The van der Waals surface area contributed by atoms with E-state index in [0.717, 1.165) is 23.6 Å². The molecule has 1 unspecified atom stereocenters. The van der Waals surface area contributed by atoms with Gasteiger partial charge in [-0.15, -0.1) is 0 Å². The Morgan fingerprint density at radius 1 is 0.762 bits per heavy atom. The van der Waals surface area contributed by atoms with E-state index in [-0.39, 0.29) is 0 Å². The highest BCUT2D eigenvalue weighted by Gasteiger charge is 2.58. The fraction of sp³-hybridized carbons (Fsp3) is 0.167. The summed E-state index contributed by atoms with van der Waals surface area (Å²) in [5, 5.41) is 0. The summed E-state index contributed by atoms with van der Waals surface area (Å²) in [5.74, 6) is 0. The maximum Gasteiger partial charge on any atom is 0.168 e. The molecule has 1 aliphatic rings. The molecular weight excluding hydrogens is 797 g/mol. The van der Waals surface area contributed by atoms with Gasteiger partial charge < -0.3 is 0 Å². The topological polar surface area (TPSA) is 3.24 Å². The van der Waals surface area contributed by atoms with E-state index in [2.05, 4.69) is 128 Å². The maximum absolute atomic E-state index is 3.86. The largest absolute Gasteiger partial charge is 0.285 e. The standard InChI is InChI=1S/C12H5Br8N/c13-7-8(14)10(16)12(19,11(17,18)9(7)15)21(20)6-4-2-1-3-5-6/h1-5H. The third-order valence-corrected chi connectivity index (χ3v) is 15.3. The molecule has 21 heavy (non-hydrogen) atoms. The van der Waals surface area contributed by atoms with Gasteiger partial charge in [-0.25, -0.2) is 0 Å². The zero-order valence-corrected chi connectivity index (χ0v) is 22.5. The number of hydrogen-bond donors (Lipinski definition) is 0. The van der Waals surface area contributed by atoms with Crippen LogP contribution >= 0.6 is 128 Å². The third-order valence-electron chi connectivity index (χ3n) is 2.81. The molecule has 0 heterocycles. The van der Waals surface area contributed by atoms with Gasteiger partial charge in [0.05, 0.1) is 20.6 Å². The Balaban J connectivity index is 2.65. The molecule has 0 aromatic heterocycles. The molecule has 0 N–H and O–H groups in total. The van der Waals surface area contributed by atoms with Crippen molar-refractivity contribution in [1.29, 1.82) is 0 Å². The lowest BCUT2D eigenvalue weighted by molar-refractivity contribution is 0.765. The van der Waals surface area contributed by atoms with E-state index in [1.165, 1.54) is 0 Å². The quantitative estimate of drug-likeness (QED) is 0.165. The number of rotatable bonds is 2. The number of allylic oxidation sites excluding steroid dienone is 2. The van der Waals surface area contributed by atoms with Gasteiger partial charge in [0.15, 0.2) is 7.68 Å². The van der Waals surface area contributed by atoms with Crippen molar-refractivity contribution in [2.24, 2.45) is 0 Å². The number of alkyl halides is 3. The summed E-state index contributed by atoms with van der Waals surface area (Å²) in [4.78, 5) is 0. The average molecular weight is 802 g/mol. The van der Waals surface area contributed by atoms with Crippen molar-refractivity contribution >= 4 is 133 Å². The summed E-state index contributed by atoms with van der Waals surface area (Å²) in [6.07, 6.45) is 0. The van der Waals surface area contributed by atoms with Crippen molar-refractivity contribution in [3.8, 4) is 0 Å². The van der Waals surface area contributed by atoms with Crippen LogP contribution in [-0.2, 0) is 0 Å². The molecule has 1 aliphatic carbocycles. The van der Waals surface area contributed by atoms with Crippen LogP contribution in [0.3, 0.4) is 0 Å². The molecule has 0 spiro atoms. The Labute approximate surface area is 190 Å². The van der Waals surface area contributed by atoms with Crippen molar-refractivity contribution < 1.29 is 0 Å². The van der Waals surface area contributed by atoms with E-state index in [0.29, 0.717) is 0 Å². The third kappa shape index (κ3) is 3.25. The molecule has 1 aromatic rings. The summed E-state index contributed by atoms with van der Waals surface area (Å²) in [7, 11) is 0. The Bertz CT molecular complexity index is 623. The number of hydrogen-bond acceptors (Lipinski definition) is 1. The first-order valence-electron chi connectivity index (χ1n) is 5.35. The van der Waals surface area contributed by atoms with E-state index in [1.807, 2.05) is 34.3 Å². The van der Waals surface area contributed by atoms with E-state index >= 15 is 0 Å². The van der Waals surface area contributed by atoms with Crippen molar-refractivity contribution in [2.45, 2.75) is 7.68 Å². The van der Waals surface area contributed by atoms with Crippen LogP contribution in [0.2, 0.25) is 0 Å². The molecule has 1 atom stereocenters. The second kappa shape index (κ2) is 7.30. The van der Waals surface area contributed by atoms with Crippen LogP contribution in [0.5, 0.6) is 0 Å². The van der Waals surface area contributed by atoms with Crippen LogP contribution in [0.25, 0.3) is 0 Å². The summed E-state index contributed by atoms with van der Waals surface area (Å²) in [6.45, 7) is 0. The van der Waals surface area contributed by atoms with Gasteiger partial charge in [0.25, 0.3) is 0 Å². The predicted molar refractivity (Wildman–Crippen MR) is 120 cm³/mol. The van der Waals surface area contributed by atoms with Crippen molar-refractivity contribution in [2.75, 3.05) is 3.93 Å². The maximum atomic E-state index is 3.86. The molecule has 0 bridgehead atoms. The predicted octanol–water partition coefficient (Wildman–Crippen LogP) is 8.40. The summed E-state index contributed by atoms with van der Waals surface area (Å²) in [5.41, 5.74) is 0.994. The first-order chi connectivity index (χ1) is 9.65. The Morgan fingerprint density at radius 3 is 1.76 bits per heavy atom. The zero-order chi connectivity index (χ0) is 16.0. The molecule has 9 heteroatoms. The first-order valence-corrected chi connectivity index (χ1v) is 11.6. The number of benzene rings is 1. The molecule has 0 aliphatic heterocycles. The van der Waals surface area contributed by atoms with Gasteiger partial charge in [-0.1, -0.05) is 97.8 Å². The minimum atomic E-state index is -0.670. The monoisotopic (exact) mass is 794 g/mol. The van der Waals surface area contributed by atoms with Crippen molar-refractivity contribution in [1.82, 2.24) is 0 Å². The fourth-order valence-electron chi connectivity index (χ4n) is 1.71. The Kier molecular flexibility index (Phi) is 6.83. The van der Waals surface area contributed by atoms with Crippen LogP contribution in [0, 0.1) is 0 Å². The van der Waals surface area contributed by atoms with Crippen LogP contribution < -0.4 is 3.93 Å². The van der Waals surface area contributed by atoms with E-state index in [4.69, 9.17) is 0 Å². The molecule has 0 saturated carbocycles. The van der Waals surface area contributed by atoms with Gasteiger partial charge in [-0.2, -0.15) is 0 Å². The average Bonchev–Trinajstić information content (AvgIpc) is 2.49. The molecule has 0 amide bonds. The van der Waals surface area contributed by atoms with E-state index < -0.39 is 7.68 Å². The molecular formula is C12H5Br8N. The molecule has 0 fully saturated rings. The van der Waals surface area contributed by atoms with Crippen LogP contribution in [-0.4, -0.2) is 7.68 Å². The minimum absolute atomic E-state index is 0.624. The molecule has 114 valence electrons. The van der Waals surface area contributed by atoms with Gasteiger partial charge in [0, 0.05) is 19.1 Å². The minimum Gasteiger partial charge on any atom is -0.285 e. The highest BCUT2D eigenvalue weighted by Crippen LogP contribution is 2.64. The second-order valence-electron chi connectivity index (χ2n) is 4.07.